The Balaban J connectivity index is 0.00000120. The van der Waals surface area contributed by atoms with Crippen molar-refractivity contribution in [2.45, 2.75) is 19.4 Å². The van der Waals surface area contributed by atoms with E-state index in [1.807, 2.05) is 0 Å². The maximum Gasteiger partial charge on any atom is -1.00 e. The monoisotopic (exact) mass is 453 g/mol. The van der Waals surface area contributed by atoms with Crippen LogP contribution < -0.4 is 24.8 Å². The molecule has 1 aliphatic carbocycles. The summed E-state index contributed by atoms with van der Waals surface area (Å²) in [6.45, 7) is 2.14. The van der Waals surface area contributed by atoms with E-state index >= 15 is 0 Å². The smallest absolute Gasteiger partial charge is 1.00 e. The molecule has 0 saturated carbocycles. The summed E-state index contributed by atoms with van der Waals surface area (Å²) in [7, 11) is 0. The maximum absolute atomic E-state index is 5.79. The first-order valence-electron chi connectivity index (χ1n) is 9.32. The average Bonchev–Trinajstić information content (AvgIpc) is 3.11. The van der Waals surface area contributed by atoms with Gasteiger partial charge in [-0.25, -0.2) is 0 Å². The Morgan fingerprint density at radius 2 is 1.38 bits per heavy atom. The first-order valence-corrected chi connectivity index (χ1v) is 9.96. The molecular formula is C25H19Cl2OTi. The van der Waals surface area contributed by atoms with Crippen molar-refractivity contribution in [3.63, 3.8) is 0 Å². The van der Waals surface area contributed by atoms with E-state index in [4.69, 9.17) is 3.32 Å². The van der Waals surface area contributed by atoms with Crippen molar-refractivity contribution >= 4 is 10.8 Å². The Bertz CT molecular complexity index is 1170. The van der Waals surface area contributed by atoms with Gasteiger partial charge in [0.2, 0.25) is 0 Å². The van der Waals surface area contributed by atoms with E-state index < -0.39 is 0 Å². The molecule has 0 aliphatic heterocycles. The number of hydrogen-bond donors (Lipinski definition) is 0. The molecule has 0 fully saturated rings. The van der Waals surface area contributed by atoms with Crippen molar-refractivity contribution in [1.29, 1.82) is 0 Å². The van der Waals surface area contributed by atoms with Gasteiger partial charge in [0, 0.05) is 0 Å². The Labute approximate surface area is 196 Å². The SMILES string of the molecule is CC([O][Ti+2])c1c(-c2cccc3c2Cc2ccccc2-3)ccc2ccccc12.[Cl-].[Cl-]. The minimum atomic E-state index is 0. The fraction of sp³-hybridized carbons (Fsp3) is 0.120. The molecule has 0 saturated heterocycles. The normalized spacial score (nSPS) is 12.5. The van der Waals surface area contributed by atoms with Crippen molar-refractivity contribution in [2.75, 3.05) is 0 Å². The molecule has 5 rings (SSSR count). The molecule has 1 unspecified atom stereocenters. The second-order valence-electron chi connectivity index (χ2n) is 7.17. The summed E-state index contributed by atoms with van der Waals surface area (Å²) in [6.07, 6.45) is 1.03. The van der Waals surface area contributed by atoms with Crippen LogP contribution in [-0.2, 0) is 30.6 Å². The van der Waals surface area contributed by atoms with Crippen molar-refractivity contribution < 1.29 is 49.0 Å². The molecule has 1 atom stereocenters. The molecule has 143 valence electrons. The molecule has 29 heavy (non-hydrogen) atoms. The topological polar surface area (TPSA) is 9.23 Å². The van der Waals surface area contributed by atoms with Gasteiger partial charge in [-0.2, -0.15) is 0 Å². The second-order valence-corrected chi connectivity index (χ2v) is 7.54. The predicted octanol–water partition coefficient (Wildman–Crippen LogP) is 0.625. The summed E-state index contributed by atoms with van der Waals surface area (Å²) >= 11 is 1.79. The molecule has 4 aromatic carbocycles. The van der Waals surface area contributed by atoms with Crippen LogP contribution in [0.2, 0.25) is 0 Å². The van der Waals surface area contributed by atoms with Crippen molar-refractivity contribution in [2.24, 2.45) is 0 Å². The molecule has 0 N–H and O–H groups in total. The molecule has 0 spiro atoms. The van der Waals surface area contributed by atoms with E-state index in [-0.39, 0.29) is 30.9 Å². The molecule has 0 aromatic heterocycles. The average molecular weight is 454 g/mol. The van der Waals surface area contributed by atoms with Crippen LogP contribution in [0.25, 0.3) is 33.0 Å². The molecule has 1 nitrogen and oxygen atoms in total. The van der Waals surface area contributed by atoms with Gasteiger partial charge in [0.05, 0.1) is 0 Å². The second kappa shape index (κ2) is 9.04. The van der Waals surface area contributed by atoms with Crippen molar-refractivity contribution in [3.8, 4) is 22.3 Å². The molecular weight excluding hydrogens is 435 g/mol. The molecule has 0 radical (unpaired) electrons. The third-order valence-corrected chi connectivity index (χ3v) is 6.25. The van der Waals surface area contributed by atoms with Crippen LogP contribution in [0.1, 0.15) is 29.7 Å². The van der Waals surface area contributed by atoms with Gasteiger partial charge in [0.15, 0.2) is 0 Å². The quantitative estimate of drug-likeness (QED) is 0.364. The van der Waals surface area contributed by atoms with E-state index in [1.54, 1.807) is 20.8 Å². The molecule has 0 amide bonds. The third-order valence-electron chi connectivity index (χ3n) is 5.69. The van der Waals surface area contributed by atoms with Crippen LogP contribution >= 0.6 is 0 Å². The zero-order valence-corrected chi connectivity index (χ0v) is 19.0. The van der Waals surface area contributed by atoms with Crippen LogP contribution in [0.3, 0.4) is 0 Å². The summed E-state index contributed by atoms with van der Waals surface area (Å²) < 4.78 is 5.79. The Morgan fingerprint density at radius 3 is 2.17 bits per heavy atom. The maximum atomic E-state index is 5.79. The van der Waals surface area contributed by atoms with Gasteiger partial charge in [-0.1, -0.05) is 0 Å². The van der Waals surface area contributed by atoms with Gasteiger partial charge in [-0.15, -0.1) is 0 Å². The molecule has 0 heterocycles. The van der Waals surface area contributed by atoms with Gasteiger partial charge >= 0.3 is 172 Å². The Morgan fingerprint density at radius 1 is 0.724 bits per heavy atom. The van der Waals surface area contributed by atoms with Crippen LogP contribution in [0.5, 0.6) is 0 Å². The van der Waals surface area contributed by atoms with E-state index in [9.17, 15) is 0 Å². The van der Waals surface area contributed by atoms with Crippen LogP contribution in [0.4, 0.5) is 0 Å². The number of rotatable bonds is 3. The van der Waals surface area contributed by atoms with Crippen LogP contribution in [-0.4, -0.2) is 0 Å². The fourth-order valence-electron chi connectivity index (χ4n) is 4.44. The largest absolute Gasteiger partial charge is 1.00 e. The van der Waals surface area contributed by atoms with E-state index in [0.29, 0.717) is 0 Å². The van der Waals surface area contributed by atoms with Crippen molar-refractivity contribution in [1.82, 2.24) is 0 Å². The summed E-state index contributed by atoms with van der Waals surface area (Å²) in [4.78, 5) is 0. The Hall–Kier alpha value is -1.61. The molecule has 1 aliphatic rings. The van der Waals surface area contributed by atoms with E-state index in [0.717, 1.165) is 6.42 Å². The fourth-order valence-corrected chi connectivity index (χ4v) is 4.62. The van der Waals surface area contributed by atoms with E-state index in [2.05, 4.69) is 85.8 Å². The molecule has 0 bridgehead atoms. The molecule has 4 aromatic rings. The van der Waals surface area contributed by atoms with Gasteiger partial charge in [0.25, 0.3) is 0 Å². The summed E-state index contributed by atoms with van der Waals surface area (Å²) in [5.74, 6) is 0. The zero-order valence-electron chi connectivity index (χ0n) is 16.0. The van der Waals surface area contributed by atoms with Gasteiger partial charge in [-0.05, 0) is 0 Å². The number of halogens is 2. The predicted molar refractivity (Wildman–Crippen MR) is 107 cm³/mol. The first-order chi connectivity index (χ1) is 13.3. The van der Waals surface area contributed by atoms with Gasteiger partial charge in [0.1, 0.15) is 0 Å². The summed E-state index contributed by atoms with van der Waals surface area (Å²) in [6, 6.07) is 28.6. The standard InChI is InChI=1S/C25H19O.2ClH.Ti/c1-16(26)25-20-10-5-2-7-17(20)13-14-23(25)22-12-6-11-21-19-9-4-3-8-18(19)15-24(21)22;;;/h2-14,16H,15H2,1H3;2*1H;/q-1;;;+3/p-2. The molecule has 4 heteroatoms. The van der Waals surface area contributed by atoms with Crippen LogP contribution in [0, 0.1) is 0 Å². The summed E-state index contributed by atoms with van der Waals surface area (Å²) in [5.41, 5.74) is 9.48. The van der Waals surface area contributed by atoms with Gasteiger partial charge < -0.3 is 24.8 Å². The van der Waals surface area contributed by atoms with Crippen molar-refractivity contribution in [3.05, 3.63) is 95.6 Å². The number of benzene rings is 4. The van der Waals surface area contributed by atoms with Gasteiger partial charge in [-0.3, -0.25) is 0 Å². The minimum absolute atomic E-state index is 0. The van der Waals surface area contributed by atoms with Crippen LogP contribution in [0.15, 0.2) is 78.9 Å². The summed E-state index contributed by atoms with van der Waals surface area (Å²) in [5, 5.41) is 2.54. The first kappa shape index (κ1) is 22.1. The Kier molecular flexibility index (Phi) is 6.88. The zero-order chi connectivity index (χ0) is 18.4. The third kappa shape index (κ3) is 3.67. The minimum Gasteiger partial charge on any atom is -1.00 e. The number of fused-ring (bicyclic) bond motifs is 4. The number of hydrogen-bond acceptors (Lipinski definition) is 1. The van der Waals surface area contributed by atoms with E-state index in [1.165, 1.54) is 49.7 Å².